The van der Waals surface area contributed by atoms with E-state index in [1.807, 2.05) is 6.92 Å². The number of carbonyl (C=O) groups is 1. The minimum absolute atomic E-state index is 0.0786. The molecule has 0 aliphatic rings. The Balaban J connectivity index is 2.64. The van der Waals surface area contributed by atoms with Gasteiger partial charge in [0.05, 0.1) is 0 Å². The normalized spacial score (nSPS) is 12.5. The average Bonchev–Trinajstić information content (AvgIpc) is 2.30. The Hall–Kier alpha value is -1.15. The topological polar surface area (TPSA) is 26.3 Å². The lowest BCUT2D eigenvalue weighted by Gasteiger charge is -2.11. The van der Waals surface area contributed by atoms with Crippen LogP contribution in [0.15, 0.2) is 18.2 Å². The molecule has 0 amide bonds. The first kappa shape index (κ1) is 13.9. The third-order valence-electron chi connectivity index (χ3n) is 3.17. The maximum Gasteiger partial charge on any atom is 0.140 e. The molecule has 2 heteroatoms. The van der Waals surface area contributed by atoms with Gasteiger partial charge >= 0.3 is 0 Å². The van der Waals surface area contributed by atoms with Crippen LogP contribution in [-0.2, 0) is 16.0 Å². The van der Waals surface area contributed by atoms with Crippen molar-refractivity contribution < 1.29 is 9.53 Å². The fraction of sp³-hybridized carbons (Fsp3) is 0.533. The highest BCUT2D eigenvalue weighted by Gasteiger charge is 2.14. The van der Waals surface area contributed by atoms with Gasteiger partial charge in [-0.2, -0.15) is 0 Å². The van der Waals surface area contributed by atoms with Gasteiger partial charge in [0.1, 0.15) is 5.78 Å². The van der Waals surface area contributed by atoms with Crippen LogP contribution in [0, 0.1) is 19.8 Å². The predicted molar refractivity (Wildman–Crippen MR) is 70.3 cm³/mol. The number of hydrogen-bond acceptors (Lipinski definition) is 2. The Bertz CT molecular complexity index is 383. The molecule has 1 unspecified atom stereocenters. The zero-order valence-corrected chi connectivity index (χ0v) is 11.2. The molecule has 1 atom stereocenters. The van der Waals surface area contributed by atoms with E-state index in [9.17, 15) is 4.79 Å². The number of aryl methyl sites for hydroxylation is 2. The van der Waals surface area contributed by atoms with Crippen molar-refractivity contribution in [3.63, 3.8) is 0 Å². The van der Waals surface area contributed by atoms with Crippen LogP contribution in [0.4, 0.5) is 0 Å². The summed E-state index contributed by atoms with van der Waals surface area (Å²) in [6.45, 7) is 6.75. The average molecular weight is 234 g/mol. The largest absolute Gasteiger partial charge is 0.385 e. The first-order valence-corrected chi connectivity index (χ1v) is 6.12. The van der Waals surface area contributed by atoms with Crippen molar-refractivity contribution in [2.45, 2.75) is 33.6 Å². The highest BCUT2D eigenvalue weighted by molar-refractivity contribution is 5.83. The van der Waals surface area contributed by atoms with Gasteiger partial charge < -0.3 is 4.74 Å². The van der Waals surface area contributed by atoms with Gasteiger partial charge in [0.15, 0.2) is 0 Å². The maximum atomic E-state index is 12.0. The van der Waals surface area contributed by atoms with Crippen molar-refractivity contribution in [2.24, 2.45) is 5.92 Å². The molecule has 0 saturated carbocycles. The van der Waals surface area contributed by atoms with Gasteiger partial charge in [0.25, 0.3) is 0 Å². The quantitative estimate of drug-likeness (QED) is 0.756. The molecular formula is C15H22O2. The van der Waals surface area contributed by atoms with E-state index in [-0.39, 0.29) is 5.92 Å². The van der Waals surface area contributed by atoms with Crippen LogP contribution < -0.4 is 0 Å². The summed E-state index contributed by atoms with van der Waals surface area (Å²) < 4.78 is 5.00. The van der Waals surface area contributed by atoms with Crippen molar-refractivity contribution in [1.82, 2.24) is 0 Å². The summed E-state index contributed by atoms with van der Waals surface area (Å²) in [5, 5.41) is 0. The summed E-state index contributed by atoms with van der Waals surface area (Å²) in [6.07, 6.45) is 1.35. The second-order valence-corrected chi connectivity index (χ2v) is 4.76. The van der Waals surface area contributed by atoms with E-state index in [2.05, 4.69) is 32.0 Å². The third-order valence-corrected chi connectivity index (χ3v) is 3.17. The third kappa shape index (κ3) is 4.31. The molecule has 0 spiro atoms. The number of benzene rings is 1. The molecule has 17 heavy (non-hydrogen) atoms. The highest BCUT2D eigenvalue weighted by atomic mass is 16.5. The number of hydrogen-bond donors (Lipinski definition) is 0. The second-order valence-electron chi connectivity index (χ2n) is 4.76. The number of ether oxygens (including phenoxy) is 1. The summed E-state index contributed by atoms with van der Waals surface area (Å²) in [6, 6.07) is 6.27. The summed E-state index contributed by atoms with van der Waals surface area (Å²) in [5.74, 6) is 0.380. The van der Waals surface area contributed by atoms with Crippen molar-refractivity contribution in [1.29, 1.82) is 0 Å². The fourth-order valence-corrected chi connectivity index (χ4v) is 1.81. The van der Waals surface area contributed by atoms with Crippen LogP contribution in [0.25, 0.3) is 0 Å². The van der Waals surface area contributed by atoms with Crippen molar-refractivity contribution >= 4 is 5.78 Å². The predicted octanol–water partition coefficient (Wildman–Crippen LogP) is 3.09. The molecule has 1 rings (SSSR count). The standard InChI is InChI=1S/C15H22O2/c1-11-5-6-12(2)14(9-11)10-15(16)13(3)7-8-17-4/h5-6,9,13H,7-8,10H2,1-4H3. The summed E-state index contributed by atoms with van der Waals surface area (Å²) >= 11 is 0. The molecule has 0 radical (unpaired) electrons. The Morgan fingerprint density at radius 3 is 2.71 bits per heavy atom. The minimum Gasteiger partial charge on any atom is -0.385 e. The lowest BCUT2D eigenvalue weighted by molar-refractivity contribution is -0.122. The zero-order valence-electron chi connectivity index (χ0n) is 11.2. The Labute approximate surface area is 104 Å². The number of ketones is 1. The lowest BCUT2D eigenvalue weighted by Crippen LogP contribution is -2.16. The SMILES string of the molecule is COCCC(C)C(=O)Cc1cc(C)ccc1C. The van der Waals surface area contributed by atoms with Gasteiger partial charge in [-0.3, -0.25) is 4.79 Å². The molecule has 1 aromatic carbocycles. The molecule has 0 heterocycles. The molecule has 0 N–H and O–H groups in total. The molecule has 2 nitrogen and oxygen atoms in total. The maximum absolute atomic E-state index is 12.0. The highest BCUT2D eigenvalue weighted by Crippen LogP contribution is 2.15. The number of Topliss-reactive ketones (excluding diaryl/α,β-unsaturated/α-hetero) is 1. The van der Waals surface area contributed by atoms with Gasteiger partial charge in [0.2, 0.25) is 0 Å². The monoisotopic (exact) mass is 234 g/mol. The zero-order chi connectivity index (χ0) is 12.8. The second kappa shape index (κ2) is 6.55. The van der Waals surface area contributed by atoms with Crippen LogP contribution in [0.2, 0.25) is 0 Å². The van der Waals surface area contributed by atoms with Gasteiger partial charge in [-0.25, -0.2) is 0 Å². The molecule has 0 bridgehead atoms. The lowest BCUT2D eigenvalue weighted by atomic mass is 9.94. The van der Waals surface area contributed by atoms with Crippen LogP contribution in [0.3, 0.4) is 0 Å². The summed E-state index contributed by atoms with van der Waals surface area (Å²) in [5.41, 5.74) is 3.56. The van der Waals surface area contributed by atoms with Crippen molar-refractivity contribution in [2.75, 3.05) is 13.7 Å². The number of methoxy groups -OCH3 is 1. The van der Waals surface area contributed by atoms with E-state index >= 15 is 0 Å². The summed E-state index contributed by atoms with van der Waals surface area (Å²) in [7, 11) is 1.67. The van der Waals surface area contributed by atoms with E-state index in [1.54, 1.807) is 7.11 Å². The molecule has 94 valence electrons. The van der Waals surface area contributed by atoms with Crippen LogP contribution in [0.5, 0.6) is 0 Å². The number of carbonyl (C=O) groups excluding carboxylic acids is 1. The molecule has 0 fully saturated rings. The smallest absolute Gasteiger partial charge is 0.140 e. The van der Waals surface area contributed by atoms with Gasteiger partial charge in [-0.1, -0.05) is 30.7 Å². The molecular weight excluding hydrogens is 212 g/mol. The van der Waals surface area contributed by atoms with E-state index in [4.69, 9.17) is 4.74 Å². The first-order valence-electron chi connectivity index (χ1n) is 6.12. The molecule has 1 aromatic rings. The minimum atomic E-state index is 0.0786. The van der Waals surface area contributed by atoms with E-state index < -0.39 is 0 Å². The van der Waals surface area contributed by atoms with Crippen LogP contribution in [-0.4, -0.2) is 19.5 Å². The Morgan fingerprint density at radius 2 is 2.06 bits per heavy atom. The molecule has 0 aliphatic heterocycles. The van der Waals surface area contributed by atoms with Crippen molar-refractivity contribution in [3.05, 3.63) is 34.9 Å². The van der Waals surface area contributed by atoms with E-state index in [0.29, 0.717) is 18.8 Å². The fourth-order valence-electron chi connectivity index (χ4n) is 1.81. The van der Waals surface area contributed by atoms with Gasteiger partial charge in [0, 0.05) is 26.1 Å². The Kier molecular flexibility index (Phi) is 5.36. The Morgan fingerprint density at radius 1 is 1.35 bits per heavy atom. The van der Waals surface area contributed by atoms with Crippen LogP contribution in [0.1, 0.15) is 30.0 Å². The first-order chi connectivity index (χ1) is 8.04. The van der Waals surface area contributed by atoms with Gasteiger partial charge in [-0.15, -0.1) is 0 Å². The number of rotatable bonds is 6. The van der Waals surface area contributed by atoms with Crippen molar-refractivity contribution in [3.8, 4) is 0 Å². The van der Waals surface area contributed by atoms with E-state index in [1.165, 1.54) is 11.1 Å². The van der Waals surface area contributed by atoms with Gasteiger partial charge in [-0.05, 0) is 31.4 Å². The van der Waals surface area contributed by atoms with E-state index in [0.717, 1.165) is 12.0 Å². The molecule has 0 aromatic heterocycles. The molecule has 0 aliphatic carbocycles. The molecule has 0 saturated heterocycles. The van der Waals surface area contributed by atoms with Crippen LogP contribution >= 0.6 is 0 Å². The summed E-state index contributed by atoms with van der Waals surface area (Å²) in [4.78, 5) is 12.0.